The van der Waals surface area contributed by atoms with Crippen molar-refractivity contribution in [2.75, 3.05) is 0 Å². The second kappa shape index (κ2) is 6.47. The number of hydrogen-bond donors (Lipinski definition) is 1. The lowest BCUT2D eigenvalue weighted by Gasteiger charge is -2.03. The zero-order valence-electron chi connectivity index (χ0n) is 13.2. The number of rotatable bonds is 4. The van der Waals surface area contributed by atoms with Crippen LogP contribution in [-0.2, 0) is 11.3 Å². The fraction of sp³-hybridized carbons (Fsp3) is 0.0556. The third-order valence-electron chi connectivity index (χ3n) is 3.94. The van der Waals surface area contributed by atoms with E-state index in [1.807, 2.05) is 35.0 Å². The van der Waals surface area contributed by atoms with Crippen molar-refractivity contribution in [3.8, 4) is 0 Å². The third kappa shape index (κ3) is 3.04. The lowest BCUT2D eigenvalue weighted by molar-refractivity contribution is -0.257. The van der Waals surface area contributed by atoms with Gasteiger partial charge in [0.1, 0.15) is 21.8 Å². The maximum Gasteiger partial charge on any atom is 0.263 e. The highest BCUT2D eigenvalue weighted by atomic mass is 32.2. The molecule has 0 saturated carbocycles. The molecule has 1 fully saturated rings. The minimum Gasteiger partial charge on any atom is -0.542 e. The van der Waals surface area contributed by atoms with E-state index < -0.39 is 5.97 Å². The SMILES string of the molecule is O=C1NC(=S)S/C1=C/c1cn(Cc2ccc(C(=O)[O-])o2)c2ccccc12. The summed E-state index contributed by atoms with van der Waals surface area (Å²) in [6.07, 6.45) is 3.70. The van der Waals surface area contributed by atoms with Crippen LogP contribution in [-0.4, -0.2) is 20.8 Å². The molecule has 4 rings (SSSR count). The number of carboxylic acid groups (broad SMARTS) is 1. The highest BCUT2D eigenvalue weighted by Crippen LogP contribution is 2.30. The Kier molecular flexibility index (Phi) is 4.14. The highest BCUT2D eigenvalue weighted by molar-refractivity contribution is 8.26. The van der Waals surface area contributed by atoms with Crippen molar-refractivity contribution in [2.24, 2.45) is 0 Å². The largest absolute Gasteiger partial charge is 0.542 e. The Hall–Kier alpha value is -2.84. The molecule has 0 unspecified atom stereocenters. The van der Waals surface area contributed by atoms with E-state index in [9.17, 15) is 14.7 Å². The molecule has 0 radical (unpaired) electrons. The Bertz CT molecular complexity index is 1090. The first-order chi connectivity index (χ1) is 12.5. The van der Waals surface area contributed by atoms with Crippen LogP contribution in [0.25, 0.3) is 17.0 Å². The number of aromatic nitrogens is 1. The molecule has 1 aromatic carbocycles. The van der Waals surface area contributed by atoms with Gasteiger partial charge >= 0.3 is 0 Å². The molecular weight excluding hydrogens is 372 g/mol. The Morgan fingerprint density at radius 2 is 2.12 bits per heavy atom. The summed E-state index contributed by atoms with van der Waals surface area (Å²) in [4.78, 5) is 23.3. The lowest BCUT2D eigenvalue weighted by atomic mass is 10.1. The van der Waals surface area contributed by atoms with Gasteiger partial charge in [0.15, 0.2) is 0 Å². The number of nitrogens with zero attached hydrogens (tertiary/aromatic N) is 1. The number of carboxylic acids is 1. The maximum absolute atomic E-state index is 11.9. The van der Waals surface area contributed by atoms with E-state index in [0.29, 0.717) is 21.5 Å². The van der Waals surface area contributed by atoms with Crippen LogP contribution in [0.4, 0.5) is 0 Å². The summed E-state index contributed by atoms with van der Waals surface area (Å²) in [7, 11) is 0. The van der Waals surface area contributed by atoms with Gasteiger partial charge in [0.05, 0.1) is 11.4 Å². The van der Waals surface area contributed by atoms with Crippen molar-refractivity contribution >= 4 is 57.2 Å². The number of fused-ring (bicyclic) bond motifs is 1. The van der Waals surface area contributed by atoms with Crippen LogP contribution in [0.5, 0.6) is 0 Å². The van der Waals surface area contributed by atoms with Gasteiger partial charge in [-0.3, -0.25) is 4.79 Å². The molecule has 3 aromatic rings. The van der Waals surface area contributed by atoms with Gasteiger partial charge in [-0.05, 0) is 24.3 Å². The number of thioether (sulfide) groups is 1. The first kappa shape index (κ1) is 16.6. The molecule has 0 atom stereocenters. The summed E-state index contributed by atoms with van der Waals surface area (Å²) in [5.41, 5.74) is 1.81. The van der Waals surface area contributed by atoms with Crippen molar-refractivity contribution in [1.82, 2.24) is 9.88 Å². The first-order valence-corrected chi connectivity index (χ1v) is 8.86. The number of amides is 1. The van der Waals surface area contributed by atoms with E-state index in [2.05, 4.69) is 5.32 Å². The summed E-state index contributed by atoms with van der Waals surface area (Å²) in [5.74, 6) is -1.26. The molecule has 130 valence electrons. The van der Waals surface area contributed by atoms with Crippen LogP contribution in [0, 0.1) is 0 Å². The number of carbonyl (C=O) groups is 2. The Morgan fingerprint density at radius 3 is 2.81 bits per heavy atom. The van der Waals surface area contributed by atoms with Crippen molar-refractivity contribution < 1.29 is 19.1 Å². The van der Waals surface area contributed by atoms with Crippen LogP contribution in [0.2, 0.25) is 0 Å². The molecule has 26 heavy (non-hydrogen) atoms. The molecule has 1 N–H and O–H groups in total. The number of nitrogens with one attached hydrogen (secondary N) is 1. The van der Waals surface area contributed by atoms with E-state index in [-0.39, 0.29) is 11.7 Å². The zero-order chi connectivity index (χ0) is 18.3. The van der Waals surface area contributed by atoms with Crippen molar-refractivity contribution in [3.63, 3.8) is 0 Å². The molecule has 1 amide bonds. The molecule has 0 aliphatic carbocycles. The average Bonchev–Trinajstić information content (AvgIpc) is 3.28. The second-order valence-electron chi connectivity index (χ2n) is 5.64. The van der Waals surface area contributed by atoms with Gasteiger partial charge in [0.25, 0.3) is 5.91 Å². The van der Waals surface area contributed by atoms with Gasteiger partial charge < -0.3 is 24.2 Å². The number of carbonyl (C=O) groups excluding carboxylic acids is 2. The number of para-hydroxylation sites is 1. The molecule has 1 saturated heterocycles. The van der Waals surface area contributed by atoms with Gasteiger partial charge in [0.2, 0.25) is 0 Å². The fourth-order valence-electron chi connectivity index (χ4n) is 2.82. The van der Waals surface area contributed by atoms with Gasteiger partial charge in [-0.25, -0.2) is 0 Å². The molecule has 3 heterocycles. The molecular formula is C18H11N2O4S2-. The number of hydrogen-bond acceptors (Lipinski definition) is 6. The van der Waals surface area contributed by atoms with E-state index in [0.717, 1.165) is 16.5 Å². The normalized spacial score (nSPS) is 15.8. The molecule has 1 aliphatic heterocycles. The molecule has 2 aromatic heterocycles. The maximum atomic E-state index is 11.9. The highest BCUT2D eigenvalue weighted by Gasteiger charge is 2.22. The monoisotopic (exact) mass is 383 g/mol. The van der Waals surface area contributed by atoms with Crippen LogP contribution in [0.3, 0.4) is 0 Å². The Balaban J connectivity index is 1.74. The third-order valence-corrected chi connectivity index (χ3v) is 5.10. The van der Waals surface area contributed by atoms with E-state index in [1.54, 1.807) is 12.1 Å². The second-order valence-corrected chi connectivity index (χ2v) is 7.35. The fourth-order valence-corrected chi connectivity index (χ4v) is 3.86. The van der Waals surface area contributed by atoms with Gasteiger partial charge in [0, 0.05) is 22.7 Å². The number of aromatic carboxylic acids is 1. The van der Waals surface area contributed by atoms with E-state index >= 15 is 0 Å². The zero-order valence-corrected chi connectivity index (χ0v) is 14.9. The number of benzene rings is 1. The summed E-state index contributed by atoms with van der Waals surface area (Å²) < 4.78 is 7.67. The van der Waals surface area contributed by atoms with Crippen molar-refractivity contribution in [3.05, 3.63) is 64.6 Å². The standard InChI is InChI=1S/C18H12N2O4S2/c21-16-15(26-18(25)19-16)7-10-8-20(13-4-2-1-3-12(10)13)9-11-5-6-14(24-11)17(22)23/h1-8H,9H2,(H,22,23)(H,19,21,25)/p-1/b15-7+. The predicted molar refractivity (Wildman–Crippen MR) is 100 cm³/mol. The van der Waals surface area contributed by atoms with Gasteiger partial charge in [-0.2, -0.15) is 0 Å². The average molecular weight is 383 g/mol. The van der Waals surface area contributed by atoms with Crippen LogP contribution >= 0.6 is 24.0 Å². The first-order valence-electron chi connectivity index (χ1n) is 7.64. The minimum absolute atomic E-state index is 0.202. The minimum atomic E-state index is -1.35. The Labute approximate surface area is 157 Å². The van der Waals surface area contributed by atoms with Gasteiger partial charge in [-0.1, -0.05) is 42.2 Å². The summed E-state index contributed by atoms with van der Waals surface area (Å²) in [5, 5.41) is 14.4. The number of furan rings is 1. The molecule has 0 spiro atoms. The van der Waals surface area contributed by atoms with Crippen molar-refractivity contribution in [2.45, 2.75) is 6.54 Å². The van der Waals surface area contributed by atoms with Crippen LogP contribution in [0.1, 0.15) is 21.9 Å². The molecule has 6 nitrogen and oxygen atoms in total. The quantitative estimate of drug-likeness (QED) is 0.549. The number of thiocarbonyl (C=S) groups is 1. The Morgan fingerprint density at radius 1 is 1.31 bits per heavy atom. The molecule has 0 bridgehead atoms. The summed E-state index contributed by atoms with van der Waals surface area (Å²) in [6, 6.07) is 10.7. The predicted octanol–water partition coefficient (Wildman–Crippen LogP) is 2.13. The molecule has 1 aliphatic rings. The summed E-state index contributed by atoms with van der Waals surface area (Å²) in [6.45, 7) is 0.356. The van der Waals surface area contributed by atoms with E-state index in [4.69, 9.17) is 16.6 Å². The van der Waals surface area contributed by atoms with Crippen molar-refractivity contribution in [1.29, 1.82) is 0 Å². The van der Waals surface area contributed by atoms with E-state index in [1.165, 1.54) is 17.8 Å². The summed E-state index contributed by atoms with van der Waals surface area (Å²) >= 11 is 6.25. The van der Waals surface area contributed by atoms with Gasteiger partial charge in [-0.15, -0.1) is 0 Å². The van der Waals surface area contributed by atoms with Crippen LogP contribution in [0.15, 0.2) is 51.9 Å². The lowest BCUT2D eigenvalue weighted by Crippen LogP contribution is -2.21. The topological polar surface area (TPSA) is 87.3 Å². The molecule has 8 heteroatoms. The van der Waals surface area contributed by atoms with Crippen LogP contribution < -0.4 is 10.4 Å². The smallest absolute Gasteiger partial charge is 0.263 e.